The van der Waals surface area contributed by atoms with Gasteiger partial charge < -0.3 is 14.5 Å². The van der Waals surface area contributed by atoms with Crippen LogP contribution in [0.3, 0.4) is 0 Å². The zero-order valence-electron chi connectivity index (χ0n) is 32.7. The number of hydrogen-bond acceptors (Lipinski definition) is 6. The molecule has 0 radical (unpaired) electrons. The molecule has 55 heavy (non-hydrogen) atoms. The van der Waals surface area contributed by atoms with Crippen molar-refractivity contribution in [1.82, 2.24) is 5.06 Å². The fourth-order valence-corrected chi connectivity index (χ4v) is 8.53. The molecule has 0 aromatic heterocycles. The molecular formula is C47H50N3O5+. The molecule has 7 rings (SSSR count). The van der Waals surface area contributed by atoms with Crippen molar-refractivity contribution in [1.29, 1.82) is 0 Å². The van der Waals surface area contributed by atoms with Gasteiger partial charge in [-0.1, -0.05) is 80.6 Å². The van der Waals surface area contributed by atoms with E-state index in [1.807, 2.05) is 6.07 Å². The molecule has 0 N–H and O–H groups in total. The highest BCUT2D eigenvalue weighted by atomic mass is 16.7. The second-order valence-corrected chi connectivity index (χ2v) is 15.7. The van der Waals surface area contributed by atoms with Gasteiger partial charge in [-0.15, -0.1) is 5.06 Å². The van der Waals surface area contributed by atoms with Crippen LogP contribution >= 0.6 is 0 Å². The van der Waals surface area contributed by atoms with Gasteiger partial charge in [-0.2, -0.15) is 4.58 Å². The molecule has 1 fully saturated rings. The van der Waals surface area contributed by atoms with Crippen molar-refractivity contribution in [2.24, 2.45) is 0 Å². The number of imide groups is 1. The van der Waals surface area contributed by atoms with Crippen molar-refractivity contribution in [3.63, 3.8) is 0 Å². The lowest BCUT2D eigenvalue weighted by Gasteiger charge is -2.24. The topological polar surface area (TPSA) is 79.2 Å². The van der Waals surface area contributed by atoms with Crippen LogP contribution in [0.15, 0.2) is 115 Å². The van der Waals surface area contributed by atoms with Crippen LogP contribution in [0, 0.1) is 0 Å². The van der Waals surface area contributed by atoms with Crippen molar-refractivity contribution in [2.75, 3.05) is 25.6 Å². The van der Waals surface area contributed by atoms with Crippen molar-refractivity contribution >= 4 is 56.4 Å². The van der Waals surface area contributed by atoms with Gasteiger partial charge >= 0.3 is 5.97 Å². The van der Waals surface area contributed by atoms with E-state index in [0.717, 1.165) is 24.0 Å². The lowest BCUT2D eigenvalue weighted by molar-refractivity contribution is -0.401. The SMILES string of the molecule is CN1C(=CC=CC=CC=CC2=[N+](C)c3ccc4ccc(OCCCCCC(=O)ON5C(=O)CCC5=O)cc4c3C2(C)C)C(C)(C)c2c1ccc1ccccc21. The Balaban J connectivity index is 0.957. The quantitative estimate of drug-likeness (QED) is 0.0624. The van der Waals surface area contributed by atoms with Crippen LogP contribution in [0.4, 0.5) is 11.4 Å². The molecule has 3 heterocycles. The summed E-state index contributed by atoms with van der Waals surface area (Å²) in [5, 5.41) is 5.53. The molecule has 4 aromatic carbocycles. The number of fused-ring (bicyclic) bond motifs is 6. The van der Waals surface area contributed by atoms with Crippen molar-refractivity contribution in [3.8, 4) is 5.75 Å². The molecule has 0 aliphatic carbocycles. The maximum atomic E-state index is 12.1. The van der Waals surface area contributed by atoms with Gasteiger partial charge in [0.05, 0.1) is 12.0 Å². The molecule has 0 saturated carbocycles. The van der Waals surface area contributed by atoms with Crippen LogP contribution in [0.1, 0.15) is 77.3 Å². The number of amides is 2. The number of hydrogen-bond donors (Lipinski definition) is 0. The van der Waals surface area contributed by atoms with Gasteiger partial charge in [-0.25, -0.2) is 4.79 Å². The molecular weight excluding hydrogens is 687 g/mol. The van der Waals surface area contributed by atoms with Gasteiger partial charge in [0, 0.05) is 60.8 Å². The minimum absolute atomic E-state index is 0.0906. The third kappa shape index (κ3) is 7.13. The van der Waals surface area contributed by atoms with Crippen LogP contribution in [0.25, 0.3) is 21.5 Å². The number of anilines is 1. The highest BCUT2D eigenvalue weighted by Crippen LogP contribution is 2.50. The molecule has 3 aliphatic rings. The van der Waals surface area contributed by atoms with Crippen LogP contribution in [0.5, 0.6) is 5.75 Å². The van der Waals surface area contributed by atoms with Crippen molar-refractivity contribution < 1.29 is 28.5 Å². The van der Waals surface area contributed by atoms with Crippen molar-refractivity contribution in [2.45, 2.75) is 77.0 Å². The summed E-state index contributed by atoms with van der Waals surface area (Å²) in [6, 6.07) is 23.7. The summed E-state index contributed by atoms with van der Waals surface area (Å²) in [5.41, 5.74) is 7.26. The van der Waals surface area contributed by atoms with E-state index in [1.54, 1.807) is 0 Å². The molecule has 282 valence electrons. The summed E-state index contributed by atoms with van der Waals surface area (Å²) in [6.45, 7) is 9.69. The number of likely N-dealkylation sites (N-methyl/N-ethyl adjacent to an activating group) is 1. The fourth-order valence-electron chi connectivity index (χ4n) is 8.53. The standard InChI is InChI=1S/C47H50N3O5/c1-46(2)39(48(5)37-26-23-32-17-14-15-18-35(32)44(37)46)19-11-8-7-9-12-20-40-47(3,4)45-36-31-34(25-22-33(36)24-27-38(45)49(40)6)54-30-16-10-13-21-43(53)55-50-41(51)28-29-42(50)52/h7-9,11-12,14-15,17-20,22-27,31H,10,13,16,21,28-30H2,1-6H3/q+1. The number of hydroxylamine groups is 2. The Morgan fingerprint density at radius 2 is 1.47 bits per heavy atom. The molecule has 1 saturated heterocycles. The summed E-state index contributed by atoms with van der Waals surface area (Å²) in [5.74, 6) is -0.680. The Morgan fingerprint density at radius 1 is 0.782 bits per heavy atom. The van der Waals surface area contributed by atoms with E-state index < -0.39 is 17.8 Å². The maximum absolute atomic E-state index is 12.1. The highest BCUT2D eigenvalue weighted by molar-refractivity contribution is 6.08. The summed E-state index contributed by atoms with van der Waals surface area (Å²) in [7, 11) is 4.29. The lowest BCUT2D eigenvalue weighted by Crippen LogP contribution is -2.31. The average molecular weight is 737 g/mol. The molecule has 8 heteroatoms. The van der Waals surface area contributed by atoms with Gasteiger partial charge in [-0.05, 0) is 90.6 Å². The van der Waals surface area contributed by atoms with E-state index in [1.165, 1.54) is 50.1 Å². The Morgan fingerprint density at radius 3 is 2.27 bits per heavy atom. The van der Waals surface area contributed by atoms with Gasteiger partial charge in [-0.3, -0.25) is 9.59 Å². The van der Waals surface area contributed by atoms with E-state index in [-0.39, 0.29) is 30.1 Å². The minimum atomic E-state index is -0.565. The number of ether oxygens (including phenoxy) is 1. The number of carbonyl (C=O) groups excluding carboxylic acids is 3. The first-order valence-electron chi connectivity index (χ1n) is 19.3. The number of benzene rings is 4. The third-order valence-corrected chi connectivity index (χ3v) is 11.3. The van der Waals surface area contributed by atoms with E-state index in [9.17, 15) is 14.4 Å². The van der Waals surface area contributed by atoms with Crippen LogP contribution in [-0.2, 0) is 30.1 Å². The van der Waals surface area contributed by atoms with E-state index in [0.29, 0.717) is 18.1 Å². The monoisotopic (exact) mass is 736 g/mol. The number of allylic oxidation sites excluding steroid dienone is 8. The normalized spacial score (nSPS) is 18.3. The Labute approximate surface area is 323 Å². The smallest absolute Gasteiger partial charge is 0.333 e. The maximum Gasteiger partial charge on any atom is 0.333 e. The van der Waals surface area contributed by atoms with E-state index in [4.69, 9.17) is 9.57 Å². The summed E-state index contributed by atoms with van der Waals surface area (Å²) in [4.78, 5) is 42.7. The molecule has 0 unspecified atom stereocenters. The average Bonchev–Trinajstić information content (AvgIpc) is 3.66. The summed E-state index contributed by atoms with van der Waals surface area (Å²) in [6.07, 6.45) is 17.4. The first kappa shape index (κ1) is 37.6. The Bertz CT molecular complexity index is 2340. The van der Waals surface area contributed by atoms with Crippen LogP contribution < -0.4 is 9.64 Å². The van der Waals surface area contributed by atoms with Crippen LogP contribution in [0.2, 0.25) is 0 Å². The lowest BCUT2D eigenvalue weighted by atomic mass is 9.79. The molecule has 0 spiro atoms. The minimum Gasteiger partial charge on any atom is -0.494 e. The fraction of sp³-hybridized carbons (Fsp3) is 0.319. The van der Waals surface area contributed by atoms with E-state index >= 15 is 0 Å². The highest BCUT2D eigenvalue weighted by Gasteiger charge is 2.44. The van der Waals surface area contributed by atoms with Gasteiger partial charge in [0.1, 0.15) is 12.8 Å². The molecule has 2 amide bonds. The van der Waals surface area contributed by atoms with Crippen LogP contribution in [-0.4, -0.2) is 53.8 Å². The molecule has 0 bridgehead atoms. The number of rotatable bonds is 12. The van der Waals surface area contributed by atoms with Gasteiger partial charge in [0.15, 0.2) is 5.71 Å². The molecule has 4 aromatic rings. The second-order valence-electron chi connectivity index (χ2n) is 15.7. The molecule has 3 aliphatic heterocycles. The first-order chi connectivity index (χ1) is 26.4. The Hall–Kier alpha value is -5.76. The summed E-state index contributed by atoms with van der Waals surface area (Å²) >= 11 is 0. The molecule has 0 atom stereocenters. The zero-order valence-corrected chi connectivity index (χ0v) is 32.7. The zero-order chi connectivity index (χ0) is 38.9. The molecule has 8 nitrogen and oxygen atoms in total. The summed E-state index contributed by atoms with van der Waals surface area (Å²) < 4.78 is 8.45. The third-order valence-electron chi connectivity index (χ3n) is 11.3. The second kappa shape index (κ2) is 15.2. The number of nitrogens with zero attached hydrogens (tertiary/aromatic N) is 3. The predicted octanol–water partition coefficient (Wildman–Crippen LogP) is 9.53. The first-order valence-corrected chi connectivity index (χ1v) is 19.3. The van der Waals surface area contributed by atoms with E-state index in [2.05, 4.69) is 154 Å². The number of unbranched alkanes of at least 4 members (excludes halogenated alkanes) is 2. The predicted molar refractivity (Wildman–Crippen MR) is 220 cm³/mol. The number of carbonyl (C=O) groups is 3. The Kier molecular flexibility index (Phi) is 10.4. The van der Waals surface area contributed by atoms with Crippen molar-refractivity contribution in [3.05, 3.63) is 126 Å². The van der Waals surface area contributed by atoms with Gasteiger partial charge in [0.25, 0.3) is 11.8 Å². The van der Waals surface area contributed by atoms with Gasteiger partial charge in [0.2, 0.25) is 5.69 Å². The largest absolute Gasteiger partial charge is 0.494 e.